The van der Waals surface area contributed by atoms with E-state index in [1.807, 2.05) is 20.8 Å². The molecule has 0 heterocycles. The summed E-state index contributed by atoms with van der Waals surface area (Å²) < 4.78 is 0. The molecule has 0 aliphatic heterocycles. The minimum Gasteiger partial charge on any atom is -0.395 e. The number of hydrogen-bond donors (Lipinski definition) is 6. The Hall–Kier alpha value is -0.280. The normalized spacial score (nSPS) is 15.0. The Balaban J connectivity index is 5.94. The Labute approximate surface area is 126 Å². The van der Waals surface area contributed by atoms with Crippen LogP contribution in [0.5, 0.6) is 0 Å². The van der Waals surface area contributed by atoms with E-state index in [9.17, 15) is 30.6 Å². The molecule has 0 saturated heterocycles. The van der Waals surface area contributed by atoms with Crippen molar-refractivity contribution in [2.45, 2.75) is 31.8 Å². The van der Waals surface area contributed by atoms with Gasteiger partial charge in [0.1, 0.15) is 0 Å². The number of aliphatic hydroxyl groups is 6. The second kappa shape index (κ2) is 8.99. The molecule has 0 rings (SSSR count). The molecule has 21 heavy (non-hydrogen) atoms. The van der Waals surface area contributed by atoms with E-state index in [1.54, 1.807) is 0 Å². The molecule has 0 spiro atoms. The van der Waals surface area contributed by atoms with Crippen LogP contribution in [0, 0.1) is 11.8 Å². The molecule has 0 fully saturated rings. The van der Waals surface area contributed by atoms with Gasteiger partial charge in [-0.1, -0.05) is 20.8 Å². The van der Waals surface area contributed by atoms with Crippen LogP contribution in [0.25, 0.3) is 0 Å². The van der Waals surface area contributed by atoms with Crippen molar-refractivity contribution < 1.29 is 30.6 Å². The fourth-order valence-corrected chi connectivity index (χ4v) is 2.81. The first kappa shape index (κ1) is 20.7. The predicted octanol–water partition coefficient (Wildman–Crippen LogP) is -1.99. The van der Waals surface area contributed by atoms with Crippen molar-refractivity contribution >= 4 is 0 Å². The van der Waals surface area contributed by atoms with Crippen molar-refractivity contribution in [1.29, 1.82) is 0 Å². The van der Waals surface area contributed by atoms with Gasteiger partial charge >= 0.3 is 0 Å². The van der Waals surface area contributed by atoms with E-state index in [2.05, 4.69) is 0 Å². The van der Waals surface area contributed by atoms with Gasteiger partial charge in [0.25, 0.3) is 0 Å². The third-order valence-electron chi connectivity index (χ3n) is 4.71. The van der Waals surface area contributed by atoms with Crippen molar-refractivity contribution in [3.63, 3.8) is 0 Å². The molecule has 0 aliphatic rings. The monoisotopic (exact) mass is 309 g/mol. The van der Waals surface area contributed by atoms with Crippen LogP contribution in [0.4, 0.5) is 0 Å². The summed E-state index contributed by atoms with van der Waals surface area (Å²) in [7, 11) is 0. The first-order valence-electron chi connectivity index (χ1n) is 7.28. The molecule has 0 aromatic carbocycles. The van der Waals surface area contributed by atoms with Gasteiger partial charge in [-0.3, -0.25) is 4.90 Å². The van der Waals surface area contributed by atoms with Crippen molar-refractivity contribution in [3.8, 4) is 0 Å². The van der Waals surface area contributed by atoms with Gasteiger partial charge in [-0.05, 0) is 11.8 Å². The van der Waals surface area contributed by atoms with Crippen LogP contribution < -0.4 is 0 Å². The van der Waals surface area contributed by atoms with E-state index >= 15 is 0 Å². The van der Waals surface area contributed by atoms with E-state index in [0.29, 0.717) is 0 Å². The van der Waals surface area contributed by atoms with Crippen molar-refractivity contribution in [2.75, 3.05) is 46.2 Å². The van der Waals surface area contributed by atoms with Crippen LogP contribution in [-0.4, -0.2) is 92.8 Å². The Bertz CT molecular complexity index is 270. The van der Waals surface area contributed by atoms with E-state index in [0.717, 1.165) is 0 Å². The molecule has 0 radical (unpaired) electrons. The lowest BCUT2D eigenvalue weighted by atomic mass is 9.75. The van der Waals surface area contributed by atoms with Gasteiger partial charge in [-0.25, -0.2) is 0 Å². The van der Waals surface area contributed by atoms with Gasteiger partial charge in [0.05, 0.1) is 50.7 Å². The van der Waals surface area contributed by atoms with Crippen LogP contribution in [0.2, 0.25) is 0 Å². The summed E-state index contributed by atoms with van der Waals surface area (Å²) in [5, 5.41) is 58.1. The maximum Gasteiger partial charge on any atom is 0.0913 e. The van der Waals surface area contributed by atoms with Crippen molar-refractivity contribution in [1.82, 2.24) is 4.90 Å². The number of aliphatic hydroxyl groups excluding tert-OH is 6. The molecule has 6 N–H and O–H groups in total. The van der Waals surface area contributed by atoms with Crippen LogP contribution in [0.15, 0.2) is 0 Å². The highest BCUT2D eigenvalue weighted by molar-refractivity contribution is 5.04. The lowest BCUT2D eigenvalue weighted by molar-refractivity contribution is -0.157. The largest absolute Gasteiger partial charge is 0.395 e. The summed E-state index contributed by atoms with van der Waals surface area (Å²) in [4.78, 5) is 1.45. The average Bonchev–Trinajstić information content (AvgIpc) is 2.50. The molecular formula is C14H31NO6. The van der Waals surface area contributed by atoms with Gasteiger partial charge in [-0.2, -0.15) is 0 Å². The zero-order valence-electron chi connectivity index (χ0n) is 13.2. The average molecular weight is 309 g/mol. The summed E-state index contributed by atoms with van der Waals surface area (Å²) in [6.07, 6.45) is 0. The van der Waals surface area contributed by atoms with Gasteiger partial charge in [0.2, 0.25) is 0 Å². The molecule has 1 atom stereocenters. The van der Waals surface area contributed by atoms with Crippen LogP contribution in [0.3, 0.4) is 0 Å². The van der Waals surface area contributed by atoms with Gasteiger partial charge in [0, 0.05) is 6.54 Å². The smallest absolute Gasteiger partial charge is 0.0913 e. The molecule has 1 unspecified atom stereocenters. The Morgan fingerprint density at radius 2 is 1.19 bits per heavy atom. The van der Waals surface area contributed by atoms with E-state index in [4.69, 9.17) is 0 Å². The summed E-state index contributed by atoms with van der Waals surface area (Å²) in [5.74, 6) is -0.109. The number of hydrogen-bond acceptors (Lipinski definition) is 7. The molecule has 0 aromatic rings. The zero-order valence-corrected chi connectivity index (χ0v) is 13.2. The highest BCUT2D eigenvalue weighted by Crippen LogP contribution is 2.35. The van der Waals surface area contributed by atoms with Crippen LogP contribution in [-0.2, 0) is 0 Å². The summed E-state index contributed by atoms with van der Waals surface area (Å²) in [5.41, 5.74) is -2.61. The first-order valence-corrected chi connectivity index (χ1v) is 7.28. The molecule has 0 saturated carbocycles. The maximum atomic E-state index is 9.91. The van der Waals surface area contributed by atoms with Crippen LogP contribution in [0.1, 0.15) is 20.8 Å². The van der Waals surface area contributed by atoms with Gasteiger partial charge in [0.15, 0.2) is 0 Å². The molecular weight excluding hydrogens is 278 g/mol. The van der Waals surface area contributed by atoms with E-state index < -0.39 is 44.1 Å². The van der Waals surface area contributed by atoms with Crippen LogP contribution >= 0.6 is 0 Å². The second-order valence-electron chi connectivity index (χ2n) is 6.03. The lowest BCUT2D eigenvalue weighted by Gasteiger charge is -2.54. The molecule has 0 bridgehead atoms. The third-order valence-corrected chi connectivity index (χ3v) is 4.71. The van der Waals surface area contributed by atoms with Crippen molar-refractivity contribution in [2.24, 2.45) is 11.8 Å². The topological polar surface area (TPSA) is 125 Å². The standard InChI is InChI=1S/C14H31NO6/c1-11(2)12(3)14(9-20,10-21)15(4-5-16)13(6-17,7-18)8-19/h11-12,16-21H,4-10H2,1-3H3. The SMILES string of the molecule is CC(C)C(C)C(CO)(CO)N(CCO)C(CO)(CO)CO. The summed E-state index contributed by atoms with van der Waals surface area (Å²) in [6, 6.07) is 0. The van der Waals surface area contributed by atoms with Gasteiger partial charge < -0.3 is 30.6 Å². The van der Waals surface area contributed by atoms with Crippen molar-refractivity contribution in [3.05, 3.63) is 0 Å². The highest BCUT2D eigenvalue weighted by atomic mass is 16.3. The summed E-state index contributed by atoms with van der Waals surface area (Å²) >= 11 is 0. The number of β-amino-alcohol motifs (C(OH)–C–C–N with tert-alkyl or cyclic N) is 1. The lowest BCUT2D eigenvalue weighted by Crippen LogP contribution is -2.71. The number of rotatable bonds is 11. The molecule has 7 nitrogen and oxygen atoms in total. The Morgan fingerprint density at radius 1 is 0.762 bits per heavy atom. The molecule has 0 amide bonds. The first-order chi connectivity index (χ1) is 9.85. The second-order valence-corrected chi connectivity index (χ2v) is 6.03. The quantitative estimate of drug-likeness (QED) is 0.261. The molecule has 128 valence electrons. The summed E-state index contributed by atoms with van der Waals surface area (Å²) in [6.45, 7) is 2.87. The maximum absolute atomic E-state index is 9.91. The zero-order chi connectivity index (χ0) is 16.7. The van der Waals surface area contributed by atoms with Gasteiger partial charge in [-0.15, -0.1) is 0 Å². The predicted molar refractivity (Wildman–Crippen MR) is 78.7 cm³/mol. The molecule has 0 aromatic heterocycles. The Morgan fingerprint density at radius 3 is 1.43 bits per heavy atom. The molecule has 0 aliphatic carbocycles. The Kier molecular flexibility index (Phi) is 8.87. The molecule has 7 heteroatoms. The minimum atomic E-state index is -1.43. The third kappa shape index (κ3) is 3.92. The highest BCUT2D eigenvalue weighted by Gasteiger charge is 2.50. The minimum absolute atomic E-state index is 0.000139. The van der Waals surface area contributed by atoms with E-state index in [-0.39, 0.29) is 25.0 Å². The van der Waals surface area contributed by atoms with E-state index in [1.165, 1.54) is 4.90 Å². The fraction of sp³-hybridized carbons (Fsp3) is 1.00. The number of nitrogens with zero attached hydrogens (tertiary/aromatic N) is 1. The fourth-order valence-electron chi connectivity index (χ4n) is 2.81.